The second kappa shape index (κ2) is 6.75. The molecule has 0 atom stereocenters. The zero-order valence-corrected chi connectivity index (χ0v) is 12.0. The highest BCUT2D eigenvalue weighted by Gasteiger charge is 2.04. The lowest BCUT2D eigenvalue weighted by Crippen LogP contribution is -1.97. The van der Waals surface area contributed by atoms with Crippen molar-refractivity contribution in [2.75, 3.05) is 7.11 Å². The van der Waals surface area contributed by atoms with Gasteiger partial charge in [0.25, 0.3) is 0 Å². The highest BCUT2D eigenvalue weighted by Crippen LogP contribution is 2.26. The number of ether oxygens (including phenoxy) is 1. The predicted molar refractivity (Wildman–Crippen MR) is 82.2 cm³/mol. The van der Waals surface area contributed by atoms with Gasteiger partial charge in [0.2, 0.25) is 0 Å². The van der Waals surface area contributed by atoms with Crippen molar-refractivity contribution in [1.29, 1.82) is 0 Å². The minimum absolute atomic E-state index is 0.0789. The fourth-order valence-electron chi connectivity index (χ4n) is 1.87. The van der Waals surface area contributed by atoms with Gasteiger partial charge in [-0.3, -0.25) is 0 Å². The fraction of sp³-hybridized carbons (Fsp3) is 0.235. The van der Waals surface area contributed by atoms with E-state index in [0.29, 0.717) is 0 Å². The van der Waals surface area contributed by atoms with Crippen LogP contribution in [0.5, 0.6) is 5.75 Å². The van der Waals surface area contributed by atoms with Crippen LogP contribution in [0.2, 0.25) is 0 Å². The van der Waals surface area contributed by atoms with Gasteiger partial charge in [0.15, 0.2) is 0 Å². The molecule has 0 aliphatic rings. The average molecular weight is 269 g/mol. The van der Waals surface area contributed by atoms with E-state index >= 15 is 0 Å². The lowest BCUT2D eigenvalue weighted by molar-refractivity contribution is 0.0874. The molecule has 0 N–H and O–H groups in total. The van der Waals surface area contributed by atoms with Crippen LogP contribution < -0.4 is 4.74 Å². The van der Waals surface area contributed by atoms with Crippen LogP contribution in [0.3, 0.4) is 0 Å². The van der Waals surface area contributed by atoms with E-state index < -0.39 is 0 Å². The summed E-state index contributed by atoms with van der Waals surface area (Å²) in [4.78, 5) is 5.23. The molecular formula is C17H19NO2. The van der Waals surface area contributed by atoms with Crippen LogP contribution in [0.25, 0.3) is 11.1 Å². The number of oxime groups is 1. The topological polar surface area (TPSA) is 30.8 Å². The predicted octanol–water partition coefficient (Wildman–Crippen LogP) is 4.12. The van der Waals surface area contributed by atoms with Crippen molar-refractivity contribution in [3.8, 4) is 16.9 Å². The minimum atomic E-state index is 0.0789. The van der Waals surface area contributed by atoms with Crippen LogP contribution in [0, 0.1) is 0 Å². The molecule has 2 rings (SSSR count). The maximum atomic E-state index is 5.27. The van der Waals surface area contributed by atoms with Crippen LogP contribution in [0.15, 0.2) is 53.7 Å². The molecule has 0 saturated carbocycles. The Morgan fingerprint density at radius 3 is 2.60 bits per heavy atom. The van der Waals surface area contributed by atoms with Gasteiger partial charge in [-0.2, -0.15) is 0 Å². The Balaban J connectivity index is 2.33. The summed E-state index contributed by atoms with van der Waals surface area (Å²) in [6.07, 6.45) is 1.82. The molecule has 104 valence electrons. The molecule has 20 heavy (non-hydrogen) atoms. The van der Waals surface area contributed by atoms with E-state index in [1.165, 1.54) is 0 Å². The molecule has 0 saturated heterocycles. The van der Waals surface area contributed by atoms with Gasteiger partial charge in [-0.15, -0.1) is 0 Å². The van der Waals surface area contributed by atoms with E-state index in [0.717, 1.165) is 22.4 Å². The molecule has 2 aromatic rings. The Hall–Kier alpha value is -2.29. The van der Waals surface area contributed by atoms with Crippen molar-refractivity contribution >= 4 is 6.21 Å². The van der Waals surface area contributed by atoms with Crippen molar-refractivity contribution in [2.24, 2.45) is 5.16 Å². The first-order valence-electron chi connectivity index (χ1n) is 6.63. The zero-order valence-electron chi connectivity index (χ0n) is 12.0. The first kappa shape index (κ1) is 14.1. The van der Waals surface area contributed by atoms with Gasteiger partial charge in [-0.05, 0) is 37.1 Å². The summed E-state index contributed by atoms with van der Waals surface area (Å²) in [6.45, 7) is 3.90. The van der Waals surface area contributed by atoms with Crippen LogP contribution in [-0.4, -0.2) is 19.4 Å². The molecule has 0 heterocycles. The Morgan fingerprint density at radius 2 is 1.85 bits per heavy atom. The quantitative estimate of drug-likeness (QED) is 0.604. The smallest absolute Gasteiger partial charge is 0.122 e. The number of hydrogen-bond donors (Lipinski definition) is 0. The van der Waals surface area contributed by atoms with E-state index in [1.54, 1.807) is 13.3 Å². The summed E-state index contributed by atoms with van der Waals surface area (Å²) in [5.74, 6) is 0.840. The van der Waals surface area contributed by atoms with Gasteiger partial charge in [0.05, 0.1) is 13.3 Å². The SMILES string of the molecule is COc1cccc(-c2ccccc2/C=N/OC(C)C)c1. The standard InChI is InChI=1S/C17H19NO2/c1-13(2)20-18-12-15-7-4-5-10-17(15)14-8-6-9-16(11-14)19-3/h4-13H,1-3H3/b18-12+. The maximum absolute atomic E-state index is 5.27. The fourth-order valence-corrected chi connectivity index (χ4v) is 1.87. The molecule has 0 unspecified atom stereocenters. The molecule has 0 aliphatic heterocycles. The molecule has 0 bridgehead atoms. The summed E-state index contributed by atoms with van der Waals surface area (Å²) in [6, 6.07) is 16.0. The normalized spacial score (nSPS) is 11.0. The lowest BCUT2D eigenvalue weighted by Gasteiger charge is -2.08. The summed E-state index contributed by atoms with van der Waals surface area (Å²) in [5, 5.41) is 4.01. The molecule has 0 amide bonds. The molecule has 0 radical (unpaired) electrons. The van der Waals surface area contributed by atoms with Crippen molar-refractivity contribution < 1.29 is 9.57 Å². The van der Waals surface area contributed by atoms with E-state index in [2.05, 4.69) is 17.3 Å². The second-order valence-corrected chi connectivity index (χ2v) is 4.71. The number of nitrogens with zero attached hydrogens (tertiary/aromatic N) is 1. The Labute approximate surface area is 119 Å². The minimum Gasteiger partial charge on any atom is -0.497 e. The summed E-state index contributed by atoms with van der Waals surface area (Å²) in [7, 11) is 1.67. The summed E-state index contributed by atoms with van der Waals surface area (Å²) < 4.78 is 5.27. The van der Waals surface area contributed by atoms with Gasteiger partial charge in [-0.25, -0.2) is 0 Å². The first-order valence-corrected chi connectivity index (χ1v) is 6.63. The van der Waals surface area contributed by atoms with Gasteiger partial charge < -0.3 is 9.57 Å². The molecule has 3 heteroatoms. The molecule has 0 aliphatic carbocycles. The van der Waals surface area contributed by atoms with Gasteiger partial charge in [0.1, 0.15) is 11.9 Å². The van der Waals surface area contributed by atoms with E-state index in [9.17, 15) is 0 Å². The number of benzene rings is 2. The Morgan fingerprint density at radius 1 is 1.05 bits per heavy atom. The van der Waals surface area contributed by atoms with Crippen molar-refractivity contribution in [1.82, 2.24) is 0 Å². The zero-order chi connectivity index (χ0) is 14.4. The van der Waals surface area contributed by atoms with E-state index in [4.69, 9.17) is 9.57 Å². The highest BCUT2D eigenvalue weighted by molar-refractivity contribution is 5.90. The highest BCUT2D eigenvalue weighted by atomic mass is 16.6. The first-order chi connectivity index (χ1) is 9.70. The third-order valence-electron chi connectivity index (χ3n) is 2.80. The molecular weight excluding hydrogens is 250 g/mol. The van der Waals surface area contributed by atoms with E-state index in [-0.39, 0.29) is 6.10 Å². The second-order valence-electron chi connectivity index (χ2n) is 4.71. The van der Waals surface area contributed by atoms with Crippen LogP contribution in [0.1, 0.15) is 19.4 Å². The molecule has 0 fully saturated rings. The third-order valence-corrected chi connectivity index (χ3v) is 2.80. The Kier molecular flexibility index (Phi) is 4.77. The average Bonchev–Trinajstić information content (AvgIpc) is 2.47. The van der Waals surface area contributed by atoms with Gasteiger partial charge >= 0.3 is 0 Å². The van der Waals surface area contributed by atoms with Crippen LogP contribution in [-0.2, 0) is 4.84 Å². The molecule has 0 aromatic heterocycles. The number of hydrogen-bond acceptors (Lipinski definition) is 3. The van der Waals surface area contributed by atoms with Crippen LogP contribution in [0.4, 0.5) is 0 Å². The van der Waals surface area contributed by atoms with Gasteiger partial charge in [0, 0.05) is 5.56 Å². The van der Waals surface area contributed by atoms with Crippen molar-refractivity contribution in [3.05, 3.63) is 54.1 Å². The number of rotatable bonds is 5. The Bertz CT molecular complexity index is 591. The molecule has 2 aromatic carbocycles. The van der Waals surface area contributed by atoms with Crippen LogP contribution >= 0.6 is 0 Å². The molecule has 0 spiro atoms. The van der Waals surface area contributed by atoms with E-state index in [1.807, 2.05) is 50.2 Å². The van der Waals surface area contributed by atoms with Gasteiger partial charge in [-0.1, -0.05) is 41.6 Å². The molecule has 3 nitrogen and oxygen atoms in total. The van der Waals surface area contributed by atoms with Crippen molar-refractivity contribution in [2.45, 2.75) is 20.0 Å². The lowest BCUT2D eigenvalue weighted by atomic mass is 10.0. The summed E-state index contributed by atoms with van der Waals surface area (Å²) >= 11 is 0. The largest absolute Gasteiger partial charge is 0.497 e. The summed E-state index contributed by atoms with van der Waals surface area (Å²) in [5.41, 5.74) is 3.21. The number of methoxy groups -OCH3 is 1. The van der Waals surface area contributed by atoms with Crippen molar-refractivity contribution in [3.63, 3.8) is 0 Å². The monoisotopic (exact) mass is 269 g/mol. The third kappa shape index (κ3) is 3.60. The maximum Gasteiger partial charge on any atom is 0.122 e.